The number of phosphoric acid groups is 1. The van der Waals surface area contributed by atoms with Gasteiger partial charge in [-0.1, -0.05) is 13.3 Å². The molecule has 0 aliphatic carbocycles. The molecule has 3 heterocycles. The van der Waals surface area contributed by atoms with E-state index >= 15 is 0 Å². The van der Waals surface area contributed by atoms with Crippen molar-refractivity contribution >= 4 is 7.82 Å². The highest BCUT2D eigenvalue weighted by Gasteiger charge is 2.47. The fourth-order valence-corrected chi connectivity index (χ4v) is 4.01. The second-order valence-corrected chi connectivity index (χ2v) is 7.59. The van der Waals surface area contributed by atoms with Crippen molar-refractivity contribution in [1.82, 2.24) is 9.55 Å². The number of phosphoric ester groups is 1. The minimum absolute atomic E-state index is 0.0626. The summed E-state index contributed by atoms with van der Waals surface area (Å²) in [5.74, 6) is 0. The molecule has 0 saturated carbocycles. The first-order valence-corrected chi connectivity index (χ1v) is 9.40. The third-order valence-corrected chi connectivity index (χ3v) is 5.66. The summed E-state index contributed by atoms with van der Waals surface area (Å²) in [5.41, 5.74) is -0.377. The SMILES string of the molecule is CCCCc1cn([C@H]2C[C@@H]3O[P@@](=O)(OC)OC[C@H]3O2)c(=O)[nH]c1=O. The second-order valence-electron chi connectivity index (χ2n) is 5.86. The fraction of sp³-hybridized carbons (Fsp3) is 0.714. The number of hydrogen-bond donors (Lipinski definition) is 1. The van der Waals surface area contributed by atoms with Gasteiger partial charge in [0.15, 0.2) is 0 Å². The van der Waals surface area contributed by atoms with Crippen LogP contribution >= 0.6 is 7.82 Å². The van der Waals surface area contributed by atoms with Crippen LogP contribution in [-0.4, -0.2) is 35.5 Å². The average molecular weight is 360 g/mol. The van der Waals surface area contributed by atoms with E-state index in [0.29, 0.717) is 18.4 Å². The Balaban J connectivity index is 1.82. The lowest BCUT2D eigenvalue weighted by Crippen LogP contribution is -2.34. The smallest absolute Gasteiger partial charge is 0.349 e. The van der Waals surface area contributed by atoms with Crippen molar-refractivity contribution in [3.63, 3.8) is 0 Å². The lowest BCUT2D eigenvalue weighted by molar-refractivity contribution is -0.0702. The molecule has 9 nitrogen and oxygen atoms in total. The largest absolute Gasteiger partial charge is 0.474 e. The van der Waals surface area contributed by atoms with Crippen LogP contribution in [0.2, 0.25) is 0 Å². The van der Waals surface area contributed by atoms with Crippen LogP contribution in [0, 0.1) is 0 Å². The maximum Gasteiger partial charge on any atom is 0.474 e. The highest BCUT2D eigenvalue weighted by atomic mass is 31.2. The van der Waals surface area contributed by atoms with E-state index in [9.17, 15) is 14.2 Å². The standard InChI is InChI=1S/C14H21N2O7P/c1-3-4-5-9-7-16(14(18)15-13(9)17)12-6-10-11(22-12)8-21-24(19,20-2)23-10/h7,10-12H,3-6,8H2,1-2H3,(H,15,17,18)/t10-,11+,12+,24-/m0/s1. The van der Waals surface area contributed by atoms with Gasteiger partial charge in [0.2, 0.25) is 0 Å². The van der Waals surface area contributed by atoms with Crippen LogP contribution in [0.1, 0.15) is 38.0 Å². The zero-order valence-electron chi connectivity index (χ0n) is 13.6. The molecule has 4 atom stereocenters. The van der Waals surface area contributed by atoms with Crippen molar-refractivity contribution < 1.29 is 22.9 Å². The molecule has 0 radical (unpaired) electrons. The molecule has 0 amide bonds. The summed E-state index contributed by atoms with van der Waals surface area (Å²) in [6.07, 6.45) is 2.70. The van der Waals surface area contributed by atoms with E-state index in [2.05, 4.69) is 4.98 Å². The van der Waals surface area contributed by atoms with E-state index in [0.717, 1.165) is 12.8 Å². The molecular formula is C14H21N2O7P. The van der Waals surface area contributed by atoms with Crippen LogP contribution in [0.15, 0.2) is 15.8 Å². The number of unbranched alkanes of at least 4 members (excludes halogenated alkanes) is 1. The Hall–Kier alpha value is -1.25. The average Bonchev–Trinajstić information content (AvgIpc) is 2.96. The van der Waals surface area contributed by atoms with Crippen molar-refractivity contribution in [2.24, 2.45) is 0 Å². The van der Waals surface area contributed by atoms with Crippen LogP contribution in [0.4, 0.5) is 0 Å². The number of nitrogens with zero attached hydrogens (tertiary/aromatic N) is 1. The predicted molar refractivity (Wildman–Crippen MR) is 83.9 cm³/mol. The first-order valence-electron chi connectivity index (χ1n) is 7.94. The number of aromatic amines is 1. The van der Waals surface area contributed by atoms with Crippen LogP contribution in [-0.2, 0) is 29.3 Å². The lowest BCUT2D eigenvalue weighted by Gasteiger charge is -2.28. The normalized spacial score (nSPS) is 32.7. The van der Waals surface area contributed by atoms with E-state index in [-0.39, 0.29) is 12.2 Å². The molecule has 0 bridgehead atoms. The van der Waals surface area contributed by atoms with Gasteiger partial charge in [-0.05, 0) is 12.8 Å². The van der Waals surface area contributed by atoms with Gasteiger partial charge >= 0.3 is 13.5 Å². The second kappa shape index (κ2) is 6.93. The van der Waals surface area contributed by atoms with Crippen molar-refractivity contribution in [3.05, 3.63) is 32.6 Å². The Labute approximate surface area is 138 Å². The van der Waals surface area contributed by atoms with E-state index < -0.39 is 31.9 Å². The summed E-state index contributed by atoms with van der Waals surface area (Å²) in [6, 6.07) is 0. The van der Waals surface area contributed by atoms with Crippen molar-refractivity contribution in [2.45, 2.75) is 51.0 Å². The third-order valence-electron chi connectivity index (χ3n) is 4.22. The first kappa shape index (κ1) is 17.6. The summed E-state index contributed by atoms with van der Waals surface area (Å²) in [5, 5.41) is 0. The highest BCUT2D eigenvalue weighted by molar-refractivity contribution is 7.48. The minimum Gasteiger partial charge on any atom is -0.349 e. The molecule has 2 aliphatic rings. The zero-order chi connectivity index (χ0) is 17.3. The Morgan fingerprint density at radius 2 is 2.21 bits per heavy atom. The summed E-state index contributed by atoms with van der Waals surface area (Å²) in [7, 11) is -2.30. The van der Waals surface area contributed by atoms with Crippen LogP contribution in [0.25, 0.3) is 0 Å². The predicted octanol–water partition coefficient (Wildman–Crippen LogP) is 1.34. The van der Waals surface area contributed by atoms with E-state index in [1.54, 1.807) is 0 Å². The molecule has 1 aromatic rings. The molecule has 1 aromatic heterocycles. The molecule has 3 rings (SSSR count). The Kier molecular flexibility index (Phi) is 5.08. The molecule has 2 saturated heterocycles. The maximum atomic E-state index is 12.1. The van der Waals surface area contributed by atoms with Crippen molar-refractivity contribution in [2.75, 3.05) is 13.7 Å². The lowest BCUT2D eigenvalue weighted by atomic mass is 10.1. The highest BCUT2D eigenvalue weighted by Crippen LogP contribution is 2.55. The number of rotatable bonds is 5. The Bertz CT molecular complexity index is 758. The summed E-state index contributed by atoms with van der Waals surface area (Å²) in [4.78, 5) is 26.3. The zero-order valence-corrected chi connectivity index (χ0v) is 14.5. The van der Waals surface area contributed by atoms with Gasteiger partial charge in [0.05, 0.1) is 6.61 Å². The quantitative estimate of drug-likeness (QED) is 0.789. The molecule has 1 N–H and O–H groups in total. The number of aromatic nitrogens is 2. The van der Waals surface area contributed by atoms with Crippen LogP contribution in [0.3, 0.4) is 0 Å². The third kappa shape index (κ3) is 3.41. The number of H-pyrrole nitrogens is 1. The van der Waals surface area contributed by atoms with E-state index in [4.69, 9.17) is 18.3 Å². The molecule has 24 heavy (non-hydrogen) atoms. The van der Waals surface area contributed by atoms with Gasteiger partial charge in [-0.15, -0.1) is 0 Å². The Morgan fingerprint density at radius 3 is 2.92 bits per heavy atom. The fourth-order valence-electron chi connectivity index (χ4n) is 2.88. The molecule has 0 aromatic carbocycles. The van der Waals surface area contributed by atoms with E-state index in [1.807, 2.05) is 6.92 Å². The number of fused-ring (bicyclic) bond motifs is 1. The van der Waals surface area contributed by atoms with Crippen LogP contribution < -0.4 is 11.2 Å². The first-order chi connectivity index (χ1) is 11.5. The van der Waals surface area contributed by atoms with Gasteiger partial charge in [-0.3, -0.25) is 27.9 Å². The van der Waals surface area contributed by atoms with Crippen molar-refractivity contribution in [3.8, 4) is 0 Å². The number of hydrogen-bond acceptors (Lipinski definition) is 7. The van der Waals surface area contributed by atoms with Crippen molar-refractivity contribution in [1.29, 1.82) is 0 Å². The number of ether oxygens (including phenoxy) is 1. The number of nitrogens with one attached hydrogen (secondary N) is 1. The van der Waals surface area contributed by atoms with Gasteiger partial charge < -0.3 is 4.74 Å². The van der Waals surface area contributed by atoms with E-state index in [1.165, 1.54) is 17.9 Å². The monoisotopic (exact) mass is 360 g/mol. The molecule has 10 heteroatoms. The molecule has 134 valence electrons. The van der Waals surface area contributed by atoms with Gasteiger partial charge in [0.25, 0.3) is 5.56 Å². The molecule has 2 aliphatic heterocycles. The van der Waals surface area contributed by atoms with Gasteiger partial charge in [-0.25, -0.2) is 9.36 Å². The van der Waals surface area contributed by atoms with Gasteiger partial charge in [-0.2, -0.15) is 0 Å². The Morgan fingerprint density at radius 1 is 1.42 bits per heavy atom. The maximum absolute atomic E-state index is 12.1. The number of aryl methyl sites for hydroxylation is 1. The molecule has 0 spiro atoms. The molecule has 0 unspecified atom stereocenters. The van der Waals surface area contributed by atoms with Gasteiger partial charge in [0.1, 0.15) is 18.4 Å². The summed E-state index contributed by atoms with van der Waals surface area (Å²) < 4.78 is 34.4. The van der Waals surface area contributed by atoms with Gasteiger partial charge in [0, 0.05) is 25.3 Å². The molecular weight excluding hydrogens is 339 g/mol. The minimum atomic E-state index is -3.55. The topological polar surface area (TPSA) is 109 Å². The molecule has 2 fully saturated rings. The summed E-state index contributed by atoms with van der Waals surface area (Å²) in [6.45, 7) is 2.09. The summed E-state index contributed by atoms with van der Waals surface area (Å²) >= 11 is 0. The van der Waals surface area contributed by atoms with Crippen LogP contribution in [0.5, 0.6) is 0 Å².